The van der Waals surface area contributed by atoms with Crippen LogP contribution in [0.25, 0.3) is 32.5 Å². The number of nitrogens with zero attached hydrogens (tertiary/aromatic N) is 3. The first-order chi connectivity index (χ1) is 16.3. The molecule has 1 unspecified atom stereocenters. The molecule has 3 heterocycles. The van der Waals surface area contributed by atoms with E-state index in [0.717, 1.165) is 15.6 Å². The molecule has 0 saturated heterocycles. The van der Waals surface area contributed by atoms with Crippen molar-refractivity contribution in [2.24, 2.45) is 0 Å². The minimum Gasteiger partial charge on any atom is -0.443 e. The Morgan fingerprint density at radius 2 is 1.66 bits per heavy atom. The molecule has 0 aliphatic carbocycles. The van der Waals surface area contributed by atoms with Crippen molar-refractivity contribution in [3.8, 4) is 11.4 Å². The maximum absolute atomic E-state index is 13.4. The fraction of sp³-hybridized carbons (Fsp3) is 0.423. The smallest absolute Gasteiger partial charge is 0.435 e. The van der Waals surface area contributed by atoms with Gasteiger partial charge in [-0.2, -0.15) is 9.78 Å². The summed E-state index contributed by atoms with van der Waals surface area (Å²) < 4.78 is 14.7. The predicted octanol–water partition coefficient (Wildman–Crippen LogP) is 6.73. The zero-order valence-corrected chi connectivity index (χ0v) is 21.9. The lowest BCUT2D eigenvalue weighted by Crippen LogP contribution is -2.28. The molecule has 3 aromatic heterocycles. The number of hydrogen-bond acceptors (Lipinski definition) is 7. The molecule has 9 heteroatoms. The van der Waals surface area contributed by atoms with Crippen LogP contribution in [0.5, 0.6) is 0 Å². The monoisotopic (exact) mass is 497 g/mol. The Bertz CT molecular complexity index is 1410. The number of ether oxygens (including phenoxy) is 2. The van der Waals surface area contributed by atoms with E-state index >= 15 is 0 Å². The van der Waals surface area contributed by atoms with Gasteiger partial charge in [0.1, 0.15) is 16.9 Å². The largest absolute Gasteiger partial charge is 0.443 e. The summed E-state index contributed by atoms with van der Waals surface area (Å²) in [6.07, 6.45) is -1.19. The van der Waals surface area contributed by atoms with E-state index in [0.29, 0.717) is 28.8 Å². The molecule has 1 atom stereocenters. The van der Waals surface area contributed by atoms with Crippen molar-refractivity contribution in [2.45, 2.75) is 72.2 Å². The van der Waals surface area contributed by atoms with Gasteiger partial charge in [-0.3, -0.25) is 0 Å². The number of thiophene rings is 1. The summed E-state index contributed by atoms with van der Waals surface area (Å²) >= 11 is 1.42. The van der Waals surface area contributed by atoms with Crippen LogP contribution in [0.1, 0.15) is 66.6 Å². The van der Waals surface area contributed by atoms with Crippen LogP contribution in [-0.4, -0.2) is 42.8 Å². The topological polar surface area (TPSA) is 95.6 Å². The van der Waals surface area contributed by atoms with E-state index in [1.54, 1.807) is 59.7 Å². The van der Waals surface area contributed by atoms with Crippen LogP contribution in [0.3, 0.4) is 0 Å². The van der Waals surface area contributed by atoms with E-state index in [2.05, 4.69) is 5.10 Å². The van der Waals surface area contributed by atoms with Gasteiger partial charge in [0.05, 0.1) is 27.5 Å². The van der Waals surface area contributed by atoms with Crippen LogP contribution in [0.4, 0.5) is 9.59 Å². The van der Waals surface area contributed by atoms with Gasteiger partial charge in [0.25, 0.3) is 0 Å². The summed E-state index contributed by atoms with van der Waals surface area (Å²) in [4.78, 5) is 26.3. The fourth-order valence-corrected chi connectivity index (χ4v) is 4.68. The van der Waals surface area contributed by atoms with Gasteiger partial charge in [0, 0.05) is 5.39 Å². The molecule has 0 radical (unpaired) electrons. The third kappa shape index (κ3) is 4.97. The first-order valence-electron chi connectivity index (χ1n) is 11.6. The second-order valence-electron chi connectivity index (χ2n) is 10.5. The van der Waals surface area contributed by atoms with E-state index in [1.807, 2.05) is 24.4 Å². The number of aliphatic hydroxyl groups excluding tert-OH is 1. The molecule has 4 aromatic rings. The number of aromatic nitrogens is 3. The maximum Gasteiger partial charge on any atom is 0.435 e. The molecule has 1 N–H and O–H groups in total. The molecule has 0 saturated carbocycles. The summed E-state index contributed by atoms with van der Waals surface area (Å²) in [5.74, 6) is 0. The predicted molar refractivity (Wildman–Crippen MR) is 137 cm³/mol. The Labute approximate surface area is 208 Å². The normalized spacial score (nSPS) is 13.4. The highest BCUT2D eigenvalue weighted by atomic mass is 32.1. The average Bonchev–Trinajstić information content (AvgIpc) is 3.42. The van der Waals surface area contributed by atoms with Crippen LogP contribution in [0.15, 0.2) is 35.7 Å². The van der Waals surface area contributed by atoms with Crippen molar-refractivity contribution in [2.75, 3.05) is 0 Å². The molecule has 0 aliphatic heterocycles. The number of fused-ring (bicyclic) bond motifs is 2. The first kappa shape index (κ1) is 24.9. The standard InChI is InChI=1S/C26H31N3O5S/c1-8-20(30)15-9-10-17-16(13-15)14-19(28(17)23(31)33-25(2,3)4)21-22-18(11-12-35-22)29(27-21)24(32)34-26(5,6)7/h9-14,20,30H,8H2,1-7H3. The molecule has 0 fully saturated rings. The van der Waals surface area contributed by atoms with Crippen molar-refractivity contribution in [3.63, 3.8) is 0 Å². The summed E-state index contributed by atoms with van der Waals surface area (Å²) in [6, 6.07) is 9.11. The van der Waals surface area contributed by atoms with E-state index in [4.69, 9.17) is 9.47 Å². The second kappa shape index (κ2) is 8.80. The Kier molecular flexibility index (Phi) is 6.27. The molecule has 0 amide bonds. The summed E-state index contributed by atoms with van der Waals surface area (Å²) in [5.41, 5.74) is 1.55. The summed E-state index contributed by atoms with van der Waals surface area (Å²) in [7, 11) is 0. The van der Waals surface area contributed by atoms with Gasteiger partial charge in [-0.15, -0.1) is 11.3 Å². The highest BCUT2D eigenvalue weighted by molar-refractivity contribution is 7.17. The van der Waals surface area contributed by atoms with Crippen molar-refractivity contribution in [1.82, 2.24) is 14.3 Å². The van der Waals surface area contributed by atoms with Crippen LogP contribution in [0, 0.1) is 0 Å². The molecular formula is C26H31N3O5S. The molecule has 4 rings (SSSR count). The van der Waals surface area contributed by atoms with Crippen LogP contribution < -0.4 is 0 Å². The average molecular weight is 498 g/mol. The number of hydrogen-bond donors (Lipinski definition) is 1. The van der Waals surface area contributed by atoms with Gasteiger partial charge in [-0.1, -0.05) is 13.0 Å². The SMILES string of the molecule is CCC(O)c1ccc2c(c1)cc(-c1nn(C(=O)OC(C)(C)C)c3ccsc13)n2C(=O)OC(C)(C)C. The molecule has 0 bridgehead atoms. The maximum atomic E-state index is 13.4. The Morgan fingerprint density at radius 1 is 1.00 bits per heavy atom. The third-order valence-corrected chi connectivity index (χ3v) is 6.18. The van der Waals surface area contributed by atoms with Gasteiger partial charge >= 0.3 is 12.2 Å². The van der Waals surface area contributed by atoms with Crippen molar-refractivity contribution < 1.29 is 24.2 Å². The molecular weight excluding hydrogens is 466 g/mol. The highest BCUT2D eigenvalue weighted by Crippen LogP contribution is 2.37. The molecule has 0 aliphatic rings. The lowest BCUT2D eigenvalue weighted by atomic mass is 10.1. The van der Waals surface area contributed by atoms with Crippen LogP contribution in [-0.2, 0) is 9.47 Å². The molecule has 35 heavy (non-hydrogen) atoms. The fourth-order valence-electron chi connectivity index (χ4n) is 3.81. The van der Waals surface area contributed by atoms with Crippen molar-refractivity contribution in [3.05, 3.63) is 41.3 Å². The van der Waals surface area contributed by atoms with Crippen molar-refractivity contribution in [1.29, 1.82) is 0 Å². The zero-order valence-electron chi connectivity index (χ0n) is 21.1. The van der Waals surface area contributed by atoms with Gasteiger partial charge in [-0.25, -0.2) is 14.2 Å². The van der Waals surface area contributed by atoms with Crippen LogP contribution in [0.2, 0.25) is 0 Å². The molecule has 186 valence electrons. The number of rotatable bonds is 3. The number of carbonyl (C=O) groups is 2. The Hall–Kier alpha value is -3.17. The molecule has 0 spiro atoms. The van der Waals surface area contributed by atoms with Crippen molar-refractivity contribution >= 4 is 44.6 Å². The molecule has 1 aromatic carbocycles. The van der Waals surface area contributed by atoms with Gasteiger partial charge < -0.3 is 14.6 Å². The van der Waals surface area contributed by atoms with E-state index < -0.39 is 29.5 Å². The number of carbonyl (C=O) groups excluding carboxylic acids is 2. The minimum absolute atomic E-state index is 0.473. The van der Waals surface area contributed by atoms with Gasteiger partial charge in [-0.05, 0) is 83.2 Å². The van der Waals surface area contributed by atoms with E-state index in [9.17, 15) is 14.7 Å². The summed E-state index contributed by atoms with van der Waals surface area (Å²) in [5, 5.41) is 17.6. The lowest BCUT2D eigenvalue weighted by Gasteiger charge is -2.21. The Balaban J connectivity index is 1.94. The van der Waals surface area contributed by atoms with Gasteiger partial charge in [0.2, 0.25) is 0 Å². The quantitative estimate of drug-likeness (QED) is 0.337. The minimum atomic E-state index is -0.711. The number of benzene rings is 1. The third-order valence-electron chi connectivity index (χ3n) is 5.27. The Morgan fingerprint density at radius 3 is 2.29 bits per heavy atom. The van der Waals surface area contributed by atoms with E-state index in [-0.39, 0.29) is 0 Å². The second-order valence-corrected chi connectivity index (χ2v) is 11.4. The molecule has 8 nitrogen and oxygen atoms in total. The zero-order chi connectivity index (χ0) is 25.7. The summed E-state index contributed by atoms with van der Waals surface area (Å²) in [6.45, 7) is 12.7. The lowest BCUT2D eigenvalue weighted by molar-refractivity contribution is 0.0520. The first-order valence-corrected chi connectivity index (χ1v) is 12.4. The van der Waals surface area contributed by atoms with Crippen LogP contribution >= 0.6 is 11.3 Å². The van der Waals surface area contributed by atoms with E-state index in [1.165, 1.54) is 20.6 Å². The number of aliphatic hydroxyl groups is 1. The highest BCUT2D eigenvalue weighted by Gasteiger charge is 2.28. The van der Waals surface area contributed by atoms with Gasteiger partial charge in [0.15, 0.2) is 0 Å².